The molecule has 5 nitrogen and oxygen atoms in total. The Morgan fingerprint density at radius 1 is 1.42 bits per heavy atom. The van der Waals surface area contributed by atoms with Crippen molar-refractivity contribution in [3.8, 4) is 10.6 Å². The molecule has 2 rings (SSSR count). The van der Waals surface area contributed by atoms with Crippen LogP contribution >= 0.6 is 11.3 Å². The molecule has 1 amide bonds. The lowest BCUT2D eigenvalue weighted by Gasteiger charge is -2.23. The fourth-order valence-electron chi connectivity index (χ4n) is 1.43. The van der Waals surface area contributed by atoms with Crippen molar-refractivity contribution in [3.63, 3.8) is 0 Å². The molecule has 0 atom stereocenters. The average Bonchev–Trinajstić information content (AvgIpc) is 2.89. The van der Waals surface area contributed by atoms with Crippen molar-refractivity contribution >= 4 is 17.2 Å². The van der Waals surface area contributed by atoms with Crippen LogP contribution < -0.4 is 11.1 Å². The van der Waals surface area contributed by atoms with Gasteiger partial charge in [-0.15, -0.1) is 11.3 Å². The van der Waals surface area contributed by atoms with Crippen LogP contribution in [0.3, 0.4) is 0 Å². The number of aromatic nitrogens is 2. The summed E-state index contributed by atoms with van der Waals surface area (Å²) in [5.41, 5.74) is 6.13. The first-order valence-corrected chi connectivity index (χ1v) is 6.72. The van der Waals surface area contributed by atoms with E-state index in [1.54, 1.807) is 18.6 Å². The number of nitrogens with one attached hydrogen (secondary N) is 1. The number of hydrogen-bond acceptors (Lipinski definition) is 5. The third kappa shape index (κ3) is 3.36. The molecule has 0 saturated carbocycles. The Morgan fingerprint density at radius 3 is 2.74 bits per heavy atom. The van der Waals surface area contributed by atoms with Gasteiger partial charge in [-0.1, -0.05) is 0 Å². The first-order chi connectivity index (χ1) is 9.02. The van der Waals surface area contributed by atoms with Crippen molar-refractivity contribution in [1.82, 2.24) is 15.3 Å². The van der Waals surface area contributed by atoms with Crippen LogP contribution in [0.4, 0.5) is 0 Å². The summed E-state index contributed by atoms with van der Waals surface area (Å²) in [6.07, 6.45) is 4.99. The SMILES string of the molecule is CC(C)(CN)NC(=O)c1cnc(-c2ccncc2)s1. The zero-order chi connectivity index (χ0) is 13.9. The molecule has 0 aromatic carbocycles. The van der Waals surface area contributed by atoms with Gasteiger partial charge in [-0.05, 0) is 26.0 Å². The second kappa shape index (κ2) is 5.46. The van der Waals surface area contributed by atoms with Crippen LogP contribution in [0.15, 0.2) is 30.7 Å². The molecule has 0 saturated heterocycles. The predicted octanol–water partition coefficient (Wildman–Crippen LogP) is 1.67. The number of carbonyl (C=O) groups excluding carboxylic acids is 1. The Hall–Kier alpha value is -1.79. The maximum absolute atomic E-state index is 12.1. The van der Waals surface area contributed by atoms with E-state index in [0.717, 1.165) is 10.6 Å². The molecule has 100 valence electrons. The zero-order valence-corrected chi connectivity index (χ0v) is 11.7. The monoisotopic (exact) mass is 276 g/mol. The molecule has 0 aliphatic carbocycles. The van der Waals surface area contributed by atoms with E-state index >= 15 is 0 Å². The highest BCUT2D eigenvalue weighted by Gasteiger charge is 2.20. The first kappa shape index (κ1) is 13.6. The zero-order valence-electron chi connectivity index (χ0n) is 10.9. The molecule has 2 aromatic heterocycles. The van der Waals surface area contributed by atoms with Gasteiger partial charge in [-0.3, -0.25) is 9.78 Å². The lowest BCUT2D eigenvalue weighted by atomic mass is 10.1. The van der Waals surface area contributed by atoms with Crippen LogP contribution in [-0.4, -0.2) is 28.0 Å². The van der Waals surface area contributed by atoms with Crippen LogP contribution in [0.1, 0.15) is 23.5 Å². The number of nitrogens with two attached hydrogens (primary N) is 1. The first-order valence-electron chi connectivity index (χ1n) is 5.91. The van der Waals surface area contributed by atoms with E-state index < -0.39 is 5.54 Å². The maximum Gasteiger partial charge on any atom is 0.263 e. The van der Waals surface area contributed by atoms with E-state index in [4.69, 9.17) is 5.73 Å². The van der Waals surface area contributed by atoms with Crippen LogP contribution in [0.2, 0.25) is 0 Å². The van der Waals surface area contributed by atoms with Crippen LogP contribution in [0.5, 0.6) is 0 Å². The minimum Gasteiger partial charge on any atom is -0.345 e. The lowest BCUT2D eigenvalue weighted by molar-refractivity contribution is 0.0919. The Kier molecular flexibility index (Phi) is 3.92. The summed E-state index contributed by atoms with van der Waals surface area (Å²) >= 11 is 1.35. The summed E-state index contributed by atoms with van der Waals surface area (Å²) in [7, 11) is 0. The van der Waals surface area contributed by atoms with Gasteiger partial charge in [0.15, 0.2) is 0 Å². The van der Waals surface area contributed by atoms with Gasteiger partial charge in [0.2, 0.25) is 0 Å². The Morgan fingerprint density at radius 2 is 2.11 bits per heavy atom. The number of thiazole rings is 1. The summed E-state index contributed by atoms with van der Waals surface area (Å²) in [6, 6.07) is 3.73. The second-order valence-corrected chi connectivity index (χ2v) is 5.84. The Bertz CT molecular complexity index is 565. The third-order valence-corrected chi connectivity index (χ3v) is 3.66. The van der Waals surface area contributed by atoms with Gasteiger partial charge < -0.3 is 11.1 Å². The molecular weight excluding hydrogens is 260 g/mol. The standard InChI is InChI=1S/C13H16N4OS/c1-13(2,8-14)17-11(18)10-7-16-12(19-10)9-3-5-15-6-4-9/h3-7H,8,14H2,1-2H3,(H,17,18). The van der Waals surface area contributed by atoms with E-state index in [0.29, 0.717) is 11.4 Å². The summed E-state index contributed by atoms with van der Waals surface area (Å²) in [4.78, 5) is 20.9. The van der Waals surface area contributed by atoms with Crippen molar-refractivity contribution < 1.29 is 4.79 Å². The van der Waals surface area contributed by atoms with E-state index in [9.17, 15) is 4.79 Å². The number of nitrogens with zero attached hydrogens (tertiary/aromatic N) is 2. The number of pyridine rings is 1. The summed E-state index contributed by atoms with van der Waals surface area (Å²) in [5.74, 6) is -0.145. The average molecular weight is 276 g/mol. The highest BCUT2D eigenvalue weighted by molar-refractivity contribution is 7.16. The molecule has 0 aliphatic rings. The molecule has 0 unspecified atom stereocenters. The summed E-state index contributed by atoms with van der Waals surface area (Å²) in [5, 5.41) is 3.68. The van der Waals surface area contributed by atoms with Gasteiger partial charge in [0.05, 0.1) is 6.20 Å². The largest absolute Gasteiger partial charge is 0.345 e. The Balaban J connectivity index is 2.16. The van der Waals surface area contributed by atoms with E-state index in [1.165, 1.54) is 11.3 Å². The summed E-state index contributed by atoms with van der Waals surface area (Å²) in [6.45, 7) is 4.15. The van der Waals surface area contributed by atoms with Crippen molar-refractivity contribution in [2.24, 2.45) is 5.73 Å². The normalized spacial score (nSPS) is 11.3. The fraction of sp³-hybridized carbons (Fsp3) is 0.308. The highest BCUT2D eigenvalue weighted by atomic mass is 32.1. The summed E-state index contributed by atoms with van der Waals surface area (Å²) < 4.78 is 0. The second-order valence-electron chi connectivity index (χ2n) is 4.81. The van der Waals surface area contributed by atoms with Gasteiger partial charge in [0.1, 0.15) is 9.88 Å². The van der Waals surface area contributed by atoms with Gasteiger partial charge in [-0.25, -0.2) is 4.98 Å². The molecule has 2 aromatic rings. The fourth-order valence-corrected chi connectivity index (χ4v) is 2.24. The minimum atomic E-state index is -0.419. The minimum absolute atomic E-state index is 0.145. The highest BCUT2D eigenvalue weighted by Crippen LogP contribution is 2.24. The predicted molar refractivity (Wildman–Crippen MR) is 75.9 cm³/mol. The van der Waals surface area contributed by atoms with E-state index in [2.05, 4.69) is 15.3 Å². The van der Waals surface area contributed by atoms with Crippen LogP contribution in [0.25, 0.3) is 10.6 Å². The smallest absolute Gasteiger partial charge is 0.263 e. The third-order valence-electron chi connectivity index (χ3n) is 2.62. The van der Waals surface area contributed by atoms with Gasteiger partial charge >= 0.3 is 0 Å². The maximum atomic E-state index is 12.1. The molecule has 19 heavy (non-hydrogen) atoms. The van der Waals surface area contributed by atoms with Crippen molar-refractivity contribution in [2.75, 3.05) is 6.54 Å². The number of carbonyl (C=O) groups is 1. The topological polar surface area (TPSA) is 80.9 Å². The number of amides is 1. The molecular formula is C13H16N4OS. The van der Waals surface area contributed by atoms with Crippen molar-refractivity contribution in [1.29, 1.82) is 0 Å². The molecule has 0 radical (unpaired) electrons. The van der Waals surface area contributed by atoms with Crippen molar-refractivity contribution in [3.05, 3.63) is 35.6 Å². The van der Waals surface area contributed by atoms with Crippen LogP contribution in [-0.2, 0) is 0 Å². The lowest BCUT2D eigenvalue weighted by Crippen LogP contribution is -2.48. The quantitative estimate of drug-likeness (QED) is 0.890. The van der Waals surface area contributed by atoms with Gasteiger partial charge in [0, 0.05) is 30.0 Å². The number of hydrogen-bond donors (Lipinski definition) is 2. The molecule has 0 aliphatic heterocycles. The molecule has 2 heterocycles. The Labute approximate surface area is 115 Å². The van der Waals surface area contributed by atoms with Gasteiger partial charge in [0.25, 0.3) is 5.91 Å². The molecule has 0 bridgehead atoms. The van der Waals surface area contributed by atoms with E-state index in [-0.39, 0.29) is 5.91 Å². The van der Waals surface area contributed by atoms with Crippen molar-refractivity contribution in [2.45, 2.75) is 19.4 Å². The number of rotatable bonds is 4. The van der Waals surface area contributed by atoms with Crippen LogP contribution in [0, 0.1) is 0 Å². The van der Waals surface area contributed by atoms with Gasteiger partial charge in [-0.2, -0.15) is 0 Å². The molecule has 0 spiro atoms. The van der Waals surface area contributed by atoms with E-state index in [1.807, 2.05) is 26.0 Å². The molecule has 6 heteroatoms. The molecule has 3 N–H and O–H groups in total. The molecule has 0 fully saturated rings.